The van der Waals surface area contributed by atoms with Gasteiger partial charge in [0.15, 0.2) is 0 Å². The first-order chi connectivity index (χ1) is 9.20. The third-order valence-electron chi connectivity index (χ3n) is 4.49. The smallest absolute Gasteiger partial charge is 0.166 e. The molecule has 0 aliphatic heterocycles. The molecule has 4 heteroatoms. The summed E-state index contributed by atoms with van der Waals surface area (Å²) in [7, 11) is 0. The topological polar surface area (TPSA) is 0 Å². The molecule has 2 unspecified atom stereocenters. The van der Waals surface area contributed by atoms with E-state index in [1.165, 1.54) is 12.8 Å². The van der Waals surface area contributed by atoms with Gasteiger partial charge in [0.1, 0.15) is 0 Å². The molecule has 0 bridgehead atoms. The van der Waals surface area contributed by atoms with E-state index in [2.05, 4.69) is 13.8 Å². The van der Waals surface area contributed by atoms with Crippen LogP contribution < -0.4 is 0 Å². The molecule has 1 aliphatic rings. The van der Waals surface area contributed by atoms with E-state index < -0.39 is 11.7 Å². The summed E-state index contributed by atoms with van der Waals surface area (Å²) in [5.74, 6) is 0.437. The van der Waals surface area contributed by atoms with Gasteiger partial charge >= 0.3 is 6.18 Å². The zero-order valence-corrected chi connectivity index (χ0v) is 12.6. The Balaban J connectivity index is 2.03. The standard InChI is InChI=1S/C16H20ClF3/c1-15(2)9-3-4-13(15)14(17)10-11-5-7-12(8-6-11)16(18,19)20/h5-8,13-14H,3-4,9-10H2,1-2H3. The molecule has 0 N–H and O–H groups in total. The fraction of sp³-hybridized carbons (Fsp3) is 0.625. The average molecular weight is 305 g/mol. The molecule has 0 aromatic heterocycles. The van der Waals surface area contributed by atoms with Gasteiger partial charge < -0.3 is 0 Å². The van der Waals surface area contributed by atoms with Crippen molar-refractivity contribution in [1.29, 1.82) is 0 Å². The average Bonchev–Trinajstić information content (AvgIpc) is 2.68. The molecule has 1 aromatic carbocycles. The summed E-state index contributed by atoms with van der Waals surface area (Å²) < 4.78 is 37.5. The zero-order valence-electron chi connectivity index (χ0n) is 11.8. The summed E-state index contributed by atoms with van der Waals surface area (Å²) in [6, 6.07) is 5.36. The van der Waals surface area contributed by atoms with Crippen LogP contribution in [0.1, 0.15) is 44.2 Å². The summed E-state index contributed by atoms with van der Waals surface area (Å²) in [5.41, 5.74) is 0.507. The van der Waals surface area contributed by atoms with E-state index >= 15 is 0 Å². The van der Waals surface area contributed by atoms with E-state index in [0.29, 0.717) is 12.3 Å². The van der Waals surface area contributed by atoms with E-state index in [9.17, 15) is 13.2 Å². The normalized spacial score (nSPS) is 23.8. The van der Waals surface area contributed by atoms with Crippen LogP contribution in [0.2, 0.25) is 0 Å². The lowest BCUT2D eigenvalue weighted by Gasteiger charge is -2.31. The first-order valence-electron chi connectivity index (χ1n) is 7.00. The fourth-order valence-corrected chi connectivity index (χ4v) is 3.87. The zero-order chi connectivity index (χ0) is 15.0. The Morgan fingerprint density at radius 1 is 1.25 bits per heavy atom. The third kappa shape index (κ3) is 3.49. The highest BCUT2D eigenvalue weighted by atomic mass is 35.5. The monoisotopic (exact) mass is 304 g/mol. The van der Waals surface area contributed by atoms with Crippen LogP contribution in [0.4, 0.5) is 13.2 Å². The Morgan fingerprint density at radius 3 is 2.30 bits per heavy atom. The van der Waals surface area contributed by atoms with Crippen LogP contribution >= 0.6 is 11.6 Å². The number of hydrogen-bond acceptors (Lipinski definition) is 0. The number of hydrogen-bond donors (Lipinski definition) is 0. The summed E-state index contributed by atoms with van der Waals surface area (Å²) in [6.45, 7) is 4.46. The van der Waals surface area contributed by atoms with Gasteiger partial charge in [-0.05, 0) is 48.3 Å². The fourth-order valence-electron chi connectivity index (χ4n) is 3.22. The molecule has 1 fully saturated rings. The van der Waals surface area contributed by atoms with Gasteiger partial charge in [-0.2, -0.15) is 13.2 Å². The van der Waals surface area contributed by atoms with Gasteiger partial charge in [0.05, 0.1) is 5.56 Å². The highest BCUT2D eigenvalue weighted by Gasteiger charge is 2.38. The van der Waals surface area contributed by atoms with E-state index in [1.807, 2.05) is 0 Å². The van der Waals surface area contributed by atoms with Gasteiger partial charge in [-0.3, -0.25) is 0 Å². The minimum absolute atomic E-state index is 0.00997. The van der Waals surface area contributed by atoms with Gasteiger partial charge in [0.25, 0.3) is 0 Å². The highest BCUT2D eigenvalue weighted by molar-refractivity contribution is 6.21. The van der Waals surface area contributed by atoms with Crippen molar-refractivity contribution >= 4 is 11.6 Å². The molecular weight excluding hydrogens is 285 g/mol. The van der Waals surface area contributed by atoms with Crippen molar-refractivity contribution in [3.05, 3.63) is 35.4 Å². The number of rotatable bonds is 3. The third-order valence-corrected chi connectivity index (χ3v) is 4.95. The largest absolute Gasteiger partial charge is 0.416 e. The molecule has 0 radical (unpaired) electrons. The van der Waals surface area contributed by atoms with Crippen LogP contribution in [0.15, 0.2) is 24.3 Å². The molecule has 1 aromatic rings. The molecule has 112 valence electrons. The molecule has 1 aliphatic carbocycles. The van der Waals surface area contributed by atoms with Crippen LogP contribution in [-0.2, 0) is 12.6 Å². The molecule has 2 rings (SSSR count). The summed E-state index contributed by atoms with van der Waals surface area (Å²) in [5, 5.41) is -0.00997. The Kier molecular flexibility index (Phi) is 4.38. The SMILES string of the molecule is CC1(C)CCCC1C(Cl)Cc1ccc(C(F)(F)F)cc1. The highest BCUT2D eigenvalue weighted by Crippen LogP contribution is 2.46. The molecular formula is C16H20ClF3. The predicted octanol–water partition coefficient (Wildman–Crippen LogP) is 5.68. The molecule has 0 spiro atoms. The van der Waals surface area contributed by atoms with Crippen molar-refractivity contribution < 1.29 is 13.2 Å². The first kappa shape index (κ1) is 15.7. The van der Waals surface area contributed by atoms with Gasteiger partial charge in [0, 0.05) is 5.38 Å². The first-order valence-corrected chi connectivity index (χ1v) is 7.44. The Bertz CT molecular complexity index is 448. The lowest BCUT2D eigenvalue weighted by Crippen LogP contribution is -2.27. The van der Waals surface area contributed by atoms with Crippen LogP contribution in [0.3, 0.4) is 0 Å². The maximum atomic E-state index is 12.5. The molecule has 0 saturated heterocycles. The van der Waals surface area contributed by atoms with Crippen LogP contribution in [0.5, 0.6) is 0 Å². The van der Waals surface area contributed by atoms with Crippen molar-refractivity contribution in [2.24, 2.45) is 11.3 Å². The van der Waals surface area contributed by atoms with E-state index in [0.717, 1.165) is 24.1 Å². The Hall–Kier alpha value is -0.700. The number of alkyl halides is 4. The van der Waals surface area contributed by atoms with Crippen molar-refractivity contribution in [3.8, 4) is 0 Å². The second-order valence-electron chi connectivity index (χ2n) is 6.40. The number of benzene rings is 1. The molecule has 0 heterocycles. The van der Waals surface area contributed by atoms with Gasteiger partial charge in [0.2, 0.25) is 0 Å². The molecule has 1 saturated carbocycles. The number of halogens is 4. The second-order valence-corrected chi connectivity index (χ2v) is 6.96. The maximum Gasteiger partial charge on any atom is 0.416 e. The van der Waals surface area contributed by atoms with Crippen molar-refractivity contribution in [3.63, 3.8) is 0 Å². The molecule has 2 atom stereocenters. The van der Waals surface area contributed by atoms with Crippen molar-refractivity contribution in [2.45, 2.75) is 51.1 Å². The van der Waals surface area contributed by atoms with E-state index in [-0.39, 0.29) is 10.8 Å². The predicted molar refractivity (Wildman–Crippen MR) is 75.9 cm³/mol. The van der Waals surface area contributed by atoms with E-state index in [1.54, 1.807) is 12.1 Å². The Labute approximate surface area is 123 Å². The minimum atomic E-state index is -4.27. The summed E-state index contributed by atoms with van der Waals surface area (Å²) in [4.78, 5) is 0. The molecule has 0 nitrogen and oxygen atoms in total. The van der Waals surface area contributed by atoms with Gasteiger partial charge in [-0.15, -0.1) is 11.6 Å². The van der Waals surface area contributed by atoms with Crippen LogP contribution in [0.25, 0.3) is 0 Å². The van der Waals surface area contributed by atoms with Crippen LogP contribution in [-0.4, -0.2) is 5.38 Å². The molecule has 0 amide bonds. The van der Waals surface area contributed by atoms with Crippen LogP contribution in [0, 0.1) is 11.3 Å². The van der Waals surface area contributed by atoms with Gasteiger partial charge in [-0.25, -0.2) is 0 Å². The summed E-state index contributed by atoms with van der Waals surface area (Å²) in [6.07, 6.45) is -0.163. The lowest BCUT2D eigenvalue weighted by molar-refractivity contribution is -0.137. The van der Waals surface area contributed by atoms with Crippen molar-refractivity contribution in [2.75, 3.05) is 0 Å². The maximum absolute atomic E-state index is 12.5. The lowest BCUT2D eigenvalue weighted by atomic mass is 9.78. The van der Waals surface area contributed by atoms with Crippen molar-refractivity contribution in [1.82, 2.24) is 0 Å². The molecule has 20 heavy (non-hydrogen) atoms. The second kappa shape index (κ2) is 5.59. The quantitative estimate of drug-likeness (QED) is 0.630. The minimum Gasteiger partial charge on any atom is -0.166 e. The summed E-state index contributed by atoms with van der Waals surface area (Å²) >= 11 is 6.51. The van der Waals surface area contributed by atoms with Gasteiger partial charge in [-0.1, -0.05) is 32.4 Å². The van der Waals surface area contributed by atoms with E-state index in [4.69, 9.17) is 11.6 Å². The Morgan fingerprint density at radius 2 is 1.85 bits per heavy atom.